The summed E-state index contributed by atoms with van der Waals surface area (Å²) < 4.78 is 0. The second-order valence-electron chi connectivity index (χ2n) is 5.67. The lowest BCUT2D eigenvalue weighted by Crippen LogP contribution is -2.56. The number of hydrogen-bond acceptors (Lipinski definition) is 2. The average Bonchev–Trinajstić information content (AvgIpc) is 2.64. The first-order valence-corrected chi connectivity index (χ1v) is 6.01. The summed E-state index contributed by atoms with van der Waals surface area (Å²) in [4.78, 5) is 22.4. The molecule has 1 aromatic carbocycles. The smallest absolute Gasteiger partial charge is 0.321 e. The van der Waals surface area contributed by atoms with Crippen LogP contribution in [-0.2, 0) is 22.4 Å². The minimum Gasteiger partial charge on any atom is -0.480 e. The summed E-state index contributed by atoms with van der Waals surface area (Å²) in [5, 5.41) is 18.3. The average molecular weight is 246 g/mol. The standard InChI is InChI=1S/C14H14O4/c15-11(16)14(12(17)18)7-13(8-14)5-9-3-1-2-4-10(9)6-13/h1-4H,5-8H2,(H,15,16)(H,17,18). The van der Waals surface area contributed by atoms with Gasteiger partial charge in [-0.3, -0.25) is 9.59 Å². The van der Waals surface area contributed by atoms with Crippen LogP contribution < -0.4 is 0 Å². The van der Waals surface area contributed by atoms with E-state index in [4.69, 9.17) is 10.2 Å². The summed E-state index contributed by atoms with van der Waals surface area (Å²) in [6.07, 6.45) is 2.12. The summed E-state index contributed by atoms with van der Waals surface area (Å²) >= 11 is 0. The van der Waals surface area contributed by atoms with Gasteiger partial charge in [0.25, 0.3) is 0 Å². The molecule has 0 aromatic heterocycles. The van der Waals surface area contributed by atoms with Crippen LogP contribution in [0.5, 0.6) is 0 Å². The van der Waals surface area contributed by atoms with E-state index >= 15 is 0 Å². The van der Waals surface area contributed by atoms with E-state index in [0.717, 1.165) is 12.8 Å². The van der Waals surface area contributed by atoms with Crippen molar-refractivity contribution in [2.24, 2.45) is 10.8 Å². The topological polar surface area (TPSA) is 74.6 Å². The molecule has 1 saturated carbocycles. The fraction of sp³-hybridized carbons (Fsp3) is 0.429. The number of fused-ring (bicyclic) bond motifs is 1. The normalized spacial score (nSPS) is 22.2. The third-order valence-corrected chi connectivity index (χ3v) is 4.42. The second kappa shape index (κ2) is 3.34. The van der Waals surface area contributed by atoms with Gasteiger partial charge in [-0.05, 0) is 42.2 Å². The number of carboxylic acids is 2. The predicted octanol–water partition coefficient (Wildman–Crippen LogP) is 1.72. The lowest BCUT2D eigenvalue weighted by Gasteiger charge is -2.49. The van der Waals surface area contributed by atoms with Crippen molar-refractivity contribution in [3.05, 3.63) is 35.4 Å². The van der Waals surface area contributed by atoms with E-state index in [9.17, 15) is 9.59 Å². The van der Waals surface area contributed by atoms with Gasteiger partial charge in [0.15, 0.2) is 5.41 Å². The molecular formula is C14H14O4. The molecule has 3 rings (SSSR count). The SMILES string of the molecule is O=C(O)C1(C(=O)O)CC2(Cc3ccccc3C2)C1. The third-order valence-electron chi connectivity index (χ3n) is 4.42. The number of aliphatic carboxylic acids is 2. The summed E-state index contributed by atoms with van der Waals surface area (Å²) in [5.74, 6) is -2.40. The van der Waals surface area contributed by atoms with Crippen molar-refractivity contribution in [1.82, 2.24) is 0 Å². The molecule has 94 valence electrons. The van der Waals surface area contributed by atoms with Crippen molar-refractivity contribution in [3.63, 3.8) is 0 Å². The summed E-state index contributed by atoms with van der Waals surface area (Å²) in [6, 6.07) is 8.04. The molecule has 1 aromatic rings. The molecule has 18 heavy (non-hydrogen) atoms. The van der Waals surface area contributed by atoms with Crippen molar-refractivity contribution < 1.29 is 19.8 Å². The Hall–Kier alpha value is -1.84. The molecule has 0 bridgehead atoms. The summed E-state index contributed by atoms with van der Waals surface area (Å²) in [7, 11) is 0. The lowest BCUT2D eigenvalue weighted by atomic mass is 9.51. The molecule has 2 aliphatic carbocycles. The zero-order valence-corrected chi connectivity index (χ0v) is 9.85. The molecule has 0 saturated heterocycles. The predicted molar refractivity (Wildman–Crippen MR) is 63.2 cm³/mol. The van der Waals surface area contributed by atoms with E-state index in [1.807, 2.05) is 24.3 Å². The van der Waals surface area contributed by atoms with E-state index < -0.39 is 17.4 Å². The largest absolute Gasteiger partial charge is 0.480 e. The van der Waals surface area contributed by atoms with Crippen LogP contribution >= 0.6 is 0 Å². The van der Waals surface area contributed by atoms with Gasteiger partial charge in [0.2, 0.25) is 0 Å². The Morgan fingerprint density at radius 2 is 1.39 bits per heavy atom. The van der Waals surface area contributed by atoms with Gasteiger partial charge in [-0.1, -0.05) is 24.3 Å². The van der Waals surface area contributed by atoms with Crippen molar-refractivity contribution >= 4 is 11.9 Å². The highest BCUT2D eigenvalue weighted by atomic mass is 16.4. The highest BCUT2D eigenvalue weighted by Crippen LogP contribution is 2.60. The Morgan fingerprint density at radius 3 is 1.78 bits per heavy atom. The van der Waals surface area contributed by atoms with Crippen LogP contribution in [0.4, 0.5) is 0 Å². The molecule has 0 atom stereocenters. The van der Waals surface area contributed by atoms with Crippen LogP contribution in [0, 0.1) is 10.8 Å². The first-order valence-electron chi connectivity index (χ1n) is 6.01. The van der Waals surface area contributed by atoms with E-state index in [0.29, 0.717) is 0 Å². The van der Waals surface area contributed by atoms with Crippen molar-refractivity contribution in [3.8, 4) is 0 Å². The van der Waals surface area contributed by atoms with Crippen LogP contribution in [0.15, 0.2) is 24.3 Å². The highest BCUT2D eigenvalue weighted by molar-refractivity contribution is 5.99. The molecule has 0 radical (unpaired) electrons. The Balaban J connectivity index is 1.85. The molecule has 4 heteroatoms. The third kappa shape index (κ3) is 1.32. The van der Waals surface area contributed by atoms with Gasteiger partial charge in [-0.2, -0.15) is 0 Å². The minimum absolute atomic E-state index is 0.138. The van der Waals surface area contributed by atoms with Crippen molar-refractivity contribution in [2.75, 3.05) is 0 Å². The molecule has 4 nitrogen and oxygen atoms in total. The van der Waals surface area contributed by atoms with Gasteiger partial charge in [0, 0.05) is 0 Å². The van der Waals surface area contributed by atoms with Gasteiger partial charge < -0.3 is 10.2 Å². The van der Waals surface area contributed by atoms with E-state index in [1.165, 1.54) is 11.1 Å². The van der Waals surface area contributed by atoms with Crippen molar-refractivity contribution in [2.45, 2.75) is 25.7 Å². The van der Waals surface area contributed by atoms with E-state index in [1.54, 1.807) is 0 Å². The number of carboxylic acid groups (broad SMARTS) is 2. The zero-order valence-electron chi connectivity index (χ0n) is 9.85. The number of benzene rings is 1. The lowest BCUT2D eigenvalue weighted by molar-refractivity contribution is -0.183. The summed E-state index contributed by atoms with van der Waals surface area (Å²) in [5.41, 5.74) is 0.784. The maximum atomic E-state index is 11.2. The second-order valence-corrected chi connectivity index (χ2v) is 5.67. The Labute approximate surface area is 104 Å². The number of carbonyl (C=O) groups is 2. The van der Waals surface area contributed by atoms with Crippen LogP contribution in [0.3, 0.4) is 0 Å². The van der Waals surface area contributed by atoms with Gasteiger partial charge >= 0.3 is 11.9 Å². The highest BCUT2D eigenvalue weighted by Gasteiger charge is 2.64. The molecule has 2 N–H and O–H groups in total. The fourth-order valence-corrected chi connectivity index (χ4v) is 3.65. The fourth-order valence-electron chi connectivity index (χ4n) is 3.65. The molecule has 0 aliphatic heterocycles. The first kappa shape index (κ1) is 11.3. The summed E-state index contributed by atoms with van der Waals surface area (Å²) in [6.45, 7) is 0. The minimum atomic E-state index is -1.55. The van der Waals surface area contributed by atoms with Crippen LogP contribution in [0.25, 0.3) is 0 Å². The van der Waals surface area contributed by atoms with Gasteiger partial charge in [-0.25, -0.2) is 0 Å². The van der Waals surface area contributed by atoms with Gasteiger partial charge in [0.1, 0.15) is 0 Å². The quantitative estimate of drug-likeness (QED) is 0.779. The Kier molecular flexibility index (Phi) is 2.09. The van der Waals surface area contributed by atoms with Crippen LogP contribution in [0.1, 0.15) is 24.0 Å². The Morgan fingerprint density at radius 1 is 0.944 bits per heavy atom. The zero-order chi connectivity index (χ0) is 13.0. The number of hydrogen-bond donors (Lipinski definition) is 2. The molecule has 1 spiro atoms. The maximum Gasteiger partial charge on any atom is 0.321 e. The van der Waals surface area contributed by atoms with E-state index in [2.05, 4.69) is 0 Å². The Bertz CT molecular complexity index is 497. The number of rotatable bonds is 2. The van der Waals surface area contributed by atoms with Gasteiger partial charge in [-0.15, -0.1) is 0 Å². The molecule has 0 unspecified atom stereocenters. The van der Waals surface area contributed by atoms with Crippen molar-refractivity contribution in [1.29, 1.82) is 0 Å². The first-order chi connectivity index (χ1) is 8.47. The molecule has 0 heterocycles. The maximum absolute atomic E-state index is 11.2. The monoisotopic (exact) mass is 246 g/mol. The molecular weight excluding hydrogens is 232 g/mol. The van der Waals surface area contributed by atoms with Gasteiger partial charge in [0.05, 0.1) is 0 Å². The van der Waals surface area contributed by atoms with E-state index in [-0.39, 0.29) is 18.3 Å². The molecule has 2 aliphatic rings. The molecule has 0 amide bonds. The van der Waals surface area contributed by atoms with Crippen LogP contribution in [-0.4, -0.2) is 22.2 Å². The van der Waals surface area contributed by atoms with Crippen LogP contribution in [0.2, 0.25) is 0 Å². The molecule has 1 fully saturated rings.